The van der Waals surface area contributed by atoms with Crippen molar-refractivity contribution >= 4 is 11.6 Å². The molecule has 3 nitrogen and oxygen atoms in total. The first-order chi connectivity index (χ1) is 8.60. The number of hydrazine groups is 1. The highest BCUT2D eigenvalue weighted by Crippen LogP contribution is 2.25. The average Bonchev–Trinajstić information content (AvgIpc) is 2.75. The molecule has 2 rings (SSSR count). The molecule has 0 radical (unpaired) electrons. The summed E-state index contributed by atoms with van der Waals surface area (Å²) in [5.41, 5.74) is 4.97. The van der Waals surface area contributed by atoms with Gasteiger partial charge < -0.3 is 4.42 Å². The van der Waals surface area contributed by atoms with Gasteiger partial charge in [-0.05, 0) is 49.6 Å². The van der Waals surface area contributed by atoms with E-state index < -0.39 is 0 Å². The number of hydrogen-bond donors (Lipinski definition) is 2. The number of furan rings is 1. The van der Waals surface area contributed by atoms with Crippen LogP contribution in [0.25, 0.3) is 0 Å². The molecule has 2 aromatic rings. The molecule has 0 spiro atoms. The molecular formula is C14H17ClN2O. The molecule has 0 fully saturated rings. The molecule has 3 N–H and O–H groups in total. The minimum absolute atomic E-state index is 0.0705. The molecule has 1 atom stereocenters. The van der Waals surface area contributed by atoms with Gasteiger partial charge in [-0.3, -0.25) is 5.84 Å². The summed E-state index contributed by atoms with van der Waals surface area (Å²) in [4.78, 5) is 0. The molecular weight excluding hydrogens is 248 g/mol. The molecule has 0 amide bonds. The molecule has 96 valence electrons. The number of benzene rings is 1. The van der Waals surface area contributed by atoms with Gasteiger partial charge in [0.25, 0.3) is 0 Å². The van der Waals surface area contributed by atoms with Gasteiger partial charge in [0.1, 0.15) is 11.5 Å². The maximum absolute atomic E-state index is 6.22. The highest BCUT2D eigenvalue weighted by atomic mass is 35.5. The van der Waals surface area contributed by atoms with Crippen molar-refractivity contribution in [2.24, 2.45) is 5.84 Å². The fourth-order valence-corrected chi connectivity index (χ4v) is 2.23. The number of aryl methyl sites for hydroxylation is 2. The van der Waals surface area contributed by atoms with Gasteiger partial charge in [-0.1, -0.05) is 23.7 Å². The lowest BCUT2D eigenvalue weighted by molar-refractivity contribution is 0.403. The molecule has 0 saturated heterocycles. The van der Waals surface area contributed by atoms with E-state index in [1.807, 2.05) is 44.2 Å². The van der Waals surface area contributed by atoms with E-state index in [-0.39, 0.29) is 6.04 Å². The number of nitrogens with one attached hydrogen (secondary N) is 1. The Bertz CT molecular complexity index is 536. The van der Waals surface area contributed by atoms with E-state index in [0.29, 0.717) is 6.42 Å². The lowest BCUT2D eigenvalue weighted by Gasteiger charge is -2.14. The Morgan fingerprint density at radius 2 is 2.06 bits per heavy atom. The van der Waals surface area contributed by atoms with Crippen LogP contribution in [0, 0.1) is 13.8 Å². The summed E-state index contributed by atoms with van der Waals surface area (Å²) in [6.45, 7) is 3.93. The van der Waals surface area contributed by atoms with Crippen molar-refractivity contribution in [1.82, 2.24) is 5.43 Å². The SMILES string of the molecule is Cc1ccc(CC(NN)c2ccc(C)o2)c(Cl)c1. The Hall–Kier alpha value is -1.29. The molecule has 1 heterocycles. The molecule has 0 bridgehead atoms. The maximum atomic E-state index is 6.22. The third-order valence-electron chi connectivity index (χ3n) is 2.94. The quantitative estimate of drug-likeness (QED) is 0.658. The Morgan fingerprint density at radius 3 is 2.61 bits per heavy atom. The first-order valence-corrected chi connectivity index (χ1v) is 6.25. The van der Waals surface area contributed by atoms with Crippen LogP contribution in [-0.2, 0) is 6.42 Å². The number of hydrogen-bond acceptors (Lipinski definition) is 3. The monoisotopic (exact) mass is 264 g/mol. The van der Waals surface area contributed by atoms with Crippen molar-refractivity contribution < 1.29 is 4.42 Å². The molecule has 4 heteroatoms. The second kappa shape index (κ2) is 5.57. The molecule has 18 heavy (non-hydrogen) atoms. The van der Waals surface area contributed by atoms with Gasteiger partial charge >= 0.3 is 0 Å². The van der Waals surface area contributed by atoms with E-state index in [1.54, 1.807) is 0 Å². The minimum Gasteiger partial charge on any atom is -0.465 e. The van der Waals surface area contributed by atoms with Gasteiger partial charge in [-0.2, -0.15) is 0 Å². The van der Waals surface area contributed by atoms with Crippen LogP contribution in [-0.4, -0.2) is 0 Å². The third-order valence-corrected chi connectivity index (χ3v) is 3.29. The number of nitrogens with two attached hydrogens (primary N) is 1. The number of rotatable bonds is 4. The van der Waals surface area contributed by atoms with Crippen molar-refractivity contribution in [3.05, 3.63) is 58.0 Å². The summed E-state index contributed by atoms with van der Waals surface area (Å²) in [5.74, 6) is 7.29. The van der Waals surface area contributed by atoms with E-state index in [9.17, 15) is 0 Å². The fourth-order valence-electron chi connectivity index (χ4n) is 1.92. The molecule has 1 aromatic heterocycles. The molecule has 0 aliphatic heterocycles. The highest BCUT2D eigenvalue weighted by Gasteiger charge is 2.15. The smallest absolute Gasteiger partial charge is 0.122 e. The summed E-state index contributed by atoms with van der Waals surface area (Å²) in [6, 6.07) is 9.81. The zero-order chi connectivity index (χ0) is 13.1. The van der Waals surface area contributed by atoms with E-state index >= 15 is 0 Å². The van der Waals surface area contributed by atoms with E-state index in [4.69, 9.17) is 21.9 Å². The Labute approximate surface area is 112 Å². The standard InChI is InChI=1S/C14H17ClN2O/c1-9-3-5-11(12(15)7-9)8-13(17-16)14-6-4-10(2)18-14/h3-7,13,17H,8,16H2,1-2H3. The van der Waals surface area contributed by atoms with Gasteiger partial charge in [0.05, 0.1) is 6.04 Å². The predicted molar refractivity (Wildman–Crippen MR) is 73.4 cm³/mol. The summed E-state index contributed by atoms with van der Waals surface area (Å²) in [7, 11) is 0. The van der Waals surface area contributed by atoms with Crippen molar-refractivity contribution in [2.45, 2.75) is 26.3 Å². The van der Waals surface area contributed by atoms with Crippen molar-refractivity contribution in [2.75, 3.05) is 0 Å². The first kappa shape index (κ1) is 13.1. The van der Waals surface area contributed by atoms with Gasteiger partial charge in [0.15, 0.2) is 0 Å². The Morgan fingerprint density at radius 1 is 1.28 bits per heavy atom. The van der Waals surface area contributed by atoms with E-state index in [2.05, 4.69) is 5.43 Å². The predicted octanol–water partition coefficient (Wildman–Crippen LogP) is 3.30. The van der Waals surface area contributed by atoms with Crippen LogP contribution in [0.15, 0.2) is 34.7 Å². The molecule has 1 aromatic carbocycles. The van der Waals surface area contributed by atoms with Crippen molar-refractivity contribution in [1.29, 1.82) is 0 Å². The molecule has 1 unspecified atom stereocenters. The van der Waals surface area contributed by atoms with Gasteiger partial charge in [0.2, 0.25) is 0 Å². The summed E-state index contributed by atoms with van der Waals surface area (Å²) >= 11 is 6.22. The van der Waals surface area contributed by atoms with Crippen LogP contribution in [0.2, 0.25) is 5.02 Å². The van der Waals surface area contributed by atoms with E-state index in [1.165, 1.54) is 0 Å². The topological polar surface area (TPSA) is 51.2 Å². The van der Waals surface area contributed by atoms with Crippen molar-refractivity contribution in [3.8, 4) is 0 Å². The fraction of sp³-hybridized carbons (Fsp3) is 0.286. The normalized spacial score (nSPS) is 12.7. The second-order valence-electron chi connectivity index (χ2n) is 4.47. The van der Waals surface area contributed by atoms with Crippen LogP contribution >= 0.6 is 11.6 Å². The summed E-state index contributed by atoms with van der Waals surface area (Å²) in [6.07, 6.45) is 0.697. The minimum atomic E-state index is -0.0705. The summed E-state index contributed by atoms with van der Waals surface area (Å²) in [5, 5.41) is 0.763. The van der Waals surface area contributed by atoms with Crippen LogP contribution in [0.4, 0.5) is 0 Å². The highest BCUT2D eigenvalue weighted by molar-refractivity contribution is 6.31. The zero-order valence-corrected chi connectivity index (χ0v) is 11.3. The second-order valence-corrected chi connectivity index (χ2v) is 4.87. The van der Waals surface area contributed by atoms with Gasteiger partial charge in [-0.15, -0.1) is 0 Å². The van der Waals surface area contributed by atoms with E-state index in [0.717, 1.165) is 27.7 Å². The average molecular weight is 265 g/mol. The maximum Gasteiger partial charge on any atom is 0.122 e. The van der Waals surface area contributed by atoms with Crippen LogP contribution in [0.3, 0.4) is 0 Å². The van der Waals surface area contributed by atoms with Gasteiger partial charge in [-0.25, -0.2) is 5.43 Å². The lowest BCUT2D eigenvalue weighted by atomic mass is 10.0. The van der Waals surface area contributed by atoms with Crippen LogP contribution in [0.5, 0.6) is 0 Å². The van der Waals surface area contributed by atoms with Gasteiger partial charge in [0, 0.05) is 5.02 Å². The largest absolute Gasteiger partial charge is 0.465 e. The third kappa shape index (κ3) is 2.93. The molecule has 0 aliphatic carbocycles. The summed E-state index contributed by atoms with van der Waals surface area (Å²) < 4.78 is 5.59. The molecule has 0 saturated carbocycles. The Kier molecular flexibility index (Phi) is 4.07. The lowest BCUT2D eigenvalue weighted by Crippen LogP contribution is -2.29. The van der Waals surface area contributed by atoms with Crippen LogP contribution in [0.1, 0.15) is 28.7 Å². The first-order valence-electron chi connectivity index (χ1n) is 5.87. The van der Waals surface area contributed by atoms with Crippen LogP contribution < -0.4 is 11.3 Å². The number of halogens is 1. The molecule has 0 aliphatic rings. The Balaban J connectivity index is 2.20. The van der Waals surface area contributed by atoms with Crippen molar-refractivity contribution in [3.63, 3.8) is 0 Å². The zero-order valence-electron chi connectivity index (χ0n) is 10.5.